The quantitative estimate of drug-likeness (QED) is 0.0631. The van der Waals surface area contributed by atoms with E-state index in [1.54, 1.807) is 0 Å². The van der Waals surface area contributed by atoms with Crippen LogP contribution in [-0.2, 0) is 15.2 Å². The average molecular weight is 540 g/mol. The van der Waals surface area contributed by atoms with E-state index in [9.17, 15) is 9.90 Å². The van der Waals surface area contributed by atoms with Gasteiger partial charge >= 0.3 is 0 Å². The topological polar surface area (TPSA) is 153 Å². The Balaban J connectivity index is -0.00000118. The number of unbranched alkanes of at least 4 members (excludes halogenated alkanes) is 8. The first-order valence-electron chi connectivity index (χ1n) is 13.5. The van der Waals surface area contributed by atoms with E-state index in [0.717, 1.165) is 69.1 Å². The highest BCUT2D eigenvalue weighted by atomic mass is 32.3. The standard InChI is InChI=1S/C24H48N2O2.C2H7N.H2O4S/c1-5-6-7-14-18-23(27)19-15-12-10-8-9-11-13-16-20-24(28)25-21-17-22-26(2,3)4;1-2-3;1-5(2,3)4/h12,15,23,27H,5-11,13-14,16-22H2,1-4H3;2-3H2,1H3;(H2,1,2,3,4)/b15-12-;;. The number of hydrogen-bond acceptors (Lipinski definition) is 6. The molecule has 0 aliphatic rings. The Labute approximate surface area is 222 Å². The van der Waals surface area contributed by atoms with E-state index in [2.05, 4.69) is 45.5 Å². The molecule has 0 radical (unpaired) electrons. The third kappa shape index (κ3) is 50.0. The van der Waals surface area contributed by atoms with Crippen LogP contribution in [0.5, 0.6) is 0 Å². The summed E-state index contributed by atoms with van der Waals surface area (Å²) < 4.78 is 33.8. The highest BCUT2D eigenvalue weighted by Crippen LogP contribution is 2.10. The number of quaternary nitrogens is 1. The summed E-state index contributed by atoms with van der Waals surface area (Å²) in [5.74, 6) is 0.206. The van der Waals surface area contributed by atoms with Gasteiger partial charge in [0.15, 0.2) is 0 Å². The fraction of sp³-hybridized carbons (Fsp3) is 0.885. The zero-order valence-electron chi connectivity index (χ0n) is 23.7. The molecule has 0 aliphatic carbocycles. The summed E-state index contributed by atoms with van der Waals surface area (Å²) >= 11 is 0. The lowest BCUT2D eigenvalue weighted by Gasteiger charge is -2.23. The minimum Gasteiger partial charge on any atom is -0.726 e. The van der Waals surface area contributed by atoms with Gasteiger partial charge in [-0.3, -0.25) is 9.35 Å². The molecule has 9 nitrogen and oxygen atoms in total. The molecule has 10 heteroatoms. The van der Waals surface area contributed by atoms with Gasteiger partial charge in [0.2, 0.25) is 16.3 Å². The molecule has 0 saturated heterocycles. The minimum atomic E-state index is -4.92. The van der Waals surface area contributed by atoms with E-state index >= 15 is 0 Å². The number of nitrogens with one attached hydrogen (secondary N) is 1. The number of nitrogens with two attached hydrogens (primary N) is 1. The Bertz CT molecular complexity index is 599. The summed E-state index contributed by atoms with van der Waals surface area (Å²) in [6.07, 6.45) is 19.5. The molecule has 0 rings (SSSR count). The lowest BCUT2D eigenvalue weighted by molar-refractivity contribution is -0.870. The monoisotopic (exact) mass is 539 g/mol. The number of hydrogen-bond donors (Lipinski definition) is 4. The molecule has 5 N–H and O–H groups in total. The smallest absolute Gasteiger partial charge is 0.219 e. The van der Waals surface area contributed by atoms with E-state index in [1.165, 1.54) is 38.5 Å². The molecule has 1 atom stereocenters. The molecule has 0 bridgehead atoms. The first-order valence-corrected chi connectivity index (χ1v) is 14.9. The Morgan fingerprint density at radius 3 is 2.06 bits per heavy atom. The van der Waals surface area contributed by atoms with E-state index in [0.29, 0.717) is 6.42 Å². The molecule has 0 saturated carbocycles. The maximum absolute atomic E-state index is 11.8. The fourth-order valence-electron chi connectivity index (χ4n) is 3.24. The predicted molar refractivity (Wildman–Crippen MR) is 148 cm³/mol. The number of amides is 1. The van der Waals surface area contributed by atoms with Gasteiger partial charge in [-0.1, -0.05) is 70.9 Å². The van der Waals surface area contributed by atoms with Crippen LogP contribution in [0.15, 0.2) is 12.2 Å². The second-order valence-electron chi connectivity index (χ2n) is 10.1. The average Bonchev–Trinajstić information content (AvgIpc) is 2.74. The van der Waals surface area contributed by atoms with Crippen molar-refractivity contribution in [1.29, 1.82) is 0 Å². The van der Waals surface area contributed by atoms with Crippen LogP contribution in [0.3, 0.4) is 0 Å². The van der Waals surface area contributed by atoms with E-state index < -0.39 is 10.4 Å². The largest absolute Gasteiger partial charge is 0.726 e. The van der Waals surface area contributed by atoms with Gasteiger partial charge in [-0.05, 0) is 38.6 Å². The predicted octanol–water partition coefficient (Wildman–Crippen LogP) is 4.18. The van der Waals surface area contributed by atoms with Crippen LogP contribution in [0.4, 0.5) is 0 Å². The van der Waals surface area contributed by atoms with Crippen LogP contribution in [0, 0.1) is 0 Å². The number of nitrogens with zero attached hydrogens (tertiary/aromatic N) is 1. The zero-order valence-corrected chi connectivity index (χ0v) is 24.5. The SMILES string of the molecule is CCCCCCC(O)C/C=C\CCCCCCCC(=O)NCCC[N+](C)(C)C.CCN.O=S(=O)([O-])O. The van der Waals surface area contributed by atoms with E-state index in [1.807, 2.05) is 6.92 Å². The van der Waals surface area contributed by atoms with Gasteiger partial charge in [-0.15, -0.1) is 0 Å². The maximum Gasteiger partial charge on any atom is 0.219 e. The second kappa shape index (κ2) is 27.0. The van der Waals surface area contributed by atoms with E-state index in [-0.39, 0.29) is 12.0 Å². The molecule has 0 aromatic carbocycles. The van der Waals surface area contributed by atoms with Crippen LogP contribution in [-0.4, -0.2) is 79.9 Å². The van der Waals surface area contributed by atoms with E-state index in [4.69, 9.17) is 23.3 Å². The summed E-state index contributed by atoms with van der Waals surface area (Å²) in [5.41, 5.74) is 4.85. The van der Waals surface area contributed by atoms with Crippen LogP contribution >= 0.6 is 0 Å². The van der Waals surface area contributed by atoms with Crippen molar-refractivity contribution in [2.24, 2.45) is 5.73 Å². The molecule has 0 heterocycles. The molecule has 1 amide bonds. The van der Waals surface area contributed by atoms with Crippen molar-refractivity contribution in [1.82, 2.24) is 5.32 Å². The molecule has 0 aromatic rings. The molecule has 0 fully saturated rings. The van der Waals surface area contributed by atoms with Crippen LogP contribution < -0.4 is 11.1 Å². The molecule has 0 aliphatic heterocycles. The van der Waals surface area contributed by atoms with Gasteiger partial charge in [0.1, 0.15) is 0 Å². The van der Waals surface area contributed by atoms with Gasteiger partial charge in [-0.2, -0.15) is 0 Å². The van der Waals surface area contributed by atoms with Gasteiger partial charge in [0.05, 0.1) is 33.8 Å². The van der Waals surface area contributed by atoms with Crippen LogP contribution in [0.1, 0.15) is 104 Å². The third-order valence-electron chi connectivity index (χ3n) is 5.07. The number of carbonyl (C=O) groups excluding carboxylic acids is 1. The van der Waals surface area contributed by atoms with Crippen LogP contribution in [0.2, 0.25) is 0 Å². The van der Waals surface area contributed by atoms with Crippen molar-refractivity contribution in [2.75, 3.05) is 40.8 Å². The fourth-order valence-corrected chi connectivity index (χ4v) is 3.24. The number of carbonyl (C=O) groups is 1. The van der Waals surface area contributed by atoms with Crippen molar-refractivity contribution in [3.05, 3.63) is 12.2 Å². The molecular formula is C26H57N3O6S. The Kier molecular flexibility index (Phi) is 29.6. The van der Waals surface area contributed by atoms with Crippen LogP contribution in [0.25, 0.3) is 0 Å². The van der Waals surface area contributed by atoms with Gasteiger partial charge in [-0.25, -0.2) is 8.42 Å². The number of aliphatic hydroxyl groups excluding tert-OH is 1. The van der Waals surface area contributed by atoms with Gasteiger partial charge < -0.3 is 25.2 Å². The van der Waals surface area contributed by atoms with Crippen molar-refractivity contribution in [3.8, 4) is 0 Å². The Hall–Kier alpha value is -1.04. The Morgan fingerprint density at radius 1 is 0.972 bits per heavy atom. The summed E-state index contributed by atoms with van der Waals surface area (Å²) in [7, 11) is 1.61. The molecular weight excluding hydrogens is 482 g/mol. The molecule has 218 valence electrons. The lowest BCUT2D eigenvalue weighted by atomic mass is 10.1. The second-order valence-corrected chi connectivity index (χ2v) is 10.9. The normalized spacial score (nSPS) is 12.4. The molecule has 1 unspecified atom stereocenters. The molecule has 0 spiro atoms. The van der Waals surface area contributed by atoms with Crippen molar-refractivity contribution < 1.29 is 31.9 Å². The van der Waals surface area contributed by atoms with Gasteiger partial charge in [0.25, 0.3) is 0 Å². The maximum atomic E-state index is 11.8. The highest BCUT2D eigenvalue weighted by molar-refractivity contribution is 7.79. The number of rotatable bonds is 19. The zero-order chi connectivity index (χ0) is 28.3. The summed E-state index contributed by atoms with van der Waals surface area (Å²) in [6, 6.07) is 0. The summed E-state index contributed by atoms with van der Waals surface area (Å²) in [5, 5.41) is 12.9. The number of aliphatic hydroxyl groups is 1. The summed E-state index contributed by atoms with van der Waals surface area (Å²) in [4.78, 5) is 11.8. The lowest BCUT2D eigenvalue weighted by Crippen LogP contribution is -2.37. The minimum absolute atomic E-state index is 0.160. The summed E-state index contributed by atoms with van der Waals surface area (Å²) in [6.45, 7) is 6.76. The van der Waals surface area contributed by atoms with Gasteiger partial charge in [0, 0.05) is 19.4 Å². The molecule has 36 heavy (non-hydrogen) atoms. The van der Waals surface area contributed by atoms with Crippen molar-refractivity contribution in [3.63, 3.8) is 0 Å². The third-order valence-corrected chi connectivity index (χ3v) is 5.07. The Morgan fingerprint density at radius 2 is 1.50 bits per heavy atom. The first-order chi connectivity index (χ1) is 16.8. The molecule has 0 aromatic heterocycles. The van der Waals surface area contributed by atoms with Crippen molar-refractivity contribution in [2.45, 2.75) is 110 Å². The first kappa shape index (κ1) is 39.5. The highest BCUT2D eigenvalue weighted by Gasteiger charge is 2.06. The number of allylic oxidation sites excluding steroid dienone is 1. The van der Waals surface area contributed by atoms with Crippen molar-refractivity contribution >= 4 is 16.3 Å².